The van der Waals surface area contributed by atoms with E-state index in [0.29, 0.717) is 22.0 Å². The SMILES string of the molecule is Cc1cccc(-c2n[nH]c(=S)n2CCC(=O)NNC(=O)c2cc3c(s2)CCCCC3)c1. The third-order valence-corrected chi connectivity index (χ3v) is 6.93. The number of nitrogens with zero attached hydrogens (tertiary/aromatic N) is 2. The summed E-state index contributed by atoms with van der Waals surface area (Å²) in [6.45, 7) is 2.37. The maximum absolute atomic E-state index is 12.5. The van der Waals surface area contributed by atoms with Crippen LogP contribution in [-0.2, 0) is 24.2 Å². The van der Waals surface area contributed by atoms with E-state index in [1.165, 1.54) is 41.0 Å². The van der Waals surface area contributed by atoms with Crippen LogP contribution in [0.5, 0.6) is 0 Å². The molecule has 2 aromatic heterocycles. The highest BCUT2D eigenvalue weighted by Gasteiger charge is 2.17. The van der Waals surface area contributed by atoms with Gasteiger partial charge in [-0.05, 0) is 62.5 Å². The van der Waals surface area contributed by atoms with Crippen LogP contribution < -0.4 is 10.9 Å². The van der Waals surface area contributed by atoms with Crippen molar-refractivity contribution in [3.8, 4) is 11.4 Å². The molecule has 0 fully saturated rings. The maximum atomic E-state index is 12.5. The summed E-state index contributed by atoms with van der Waals surface area (Å²) >= 11 is 6.85. The lowest BCUT2D eigenvalue weighted by molar-refractivity contribution is -0.122. The Balaban J connectivity index is 1.34. The number of carbonyl (C=O) groups excluding carboxylic acids is 2. The summed E-state index contributed by atoms with van der Waals surface area (Å²) in [6, 6.07) is 9.91. The van der Waals surface area contributed by atoms with Gasteiger partial charge in [-0.2, -0.15) is 5.10 Å². The van der Waals surface area contributed by atoms with Crippen LogP contribution in [0.1, 0.15) is 51.4 Å². The number of aromatic amines is 1. The van der Waals surface area contributed by atoms with Crippen molar-refractivity contribution in [3.05, 3.63) is 56.0 Å². The van der Waals surface area contributed by atoms with Gasteiger partial charge in [-0.1, -0.05) is 30.2 Å². The number of rotatable bonds is 5. The van der Waals surface area contributed by atoms with Crippen LogP contribution in [0.15, 0.2) is 30.3 Å². The highest BCUT2D eigenvalue weighted by atomic mass is 32.1. The quantitative estimate of drug-likeness (QED) is 0.307. The molecule has 7 nitrogen and oxygen atoms in total. The van der Waals surface area contributed by atoms with Crippen LogP contribution in [0.25, 0.3) is 11.4 Å². The minimum atomic E-state index is -0.287. The van der Waals surface area contributed by atoms with E-state index in [2.05, 4.69) is 21.0 Å². The molecule has 1 aromatic carbocycles. The van der Waals surface area contributed by atoms with Crippen LogP contribution >= 0.6 is 23.6 Å². The van der Waals surface area contributed by atoms with E-state index >= 15 is 0 Å². The highest BCUT2D eigenvalue weighted by molar-refractivity contribution is 7.71. The molecule has 162 valence electrons. The Labute approximate surface area is 189 Å². The molecule has 0 saturated carbocycles. The van der Waals surface area contributed by atoms with E-state index in [4.69, 9.17) is 12.2 Å². The minimum absolute atomic E-state index is 0.161. The number of nitrogens with one attached hydrogen (secondary N) is 3. The average Bonchev–Trinajstić information content (AvgIpc) is 3.26. The van der Waals surface area contributed by atoms with E-state index in [9.17, 15) is 9.59 Å². The predicted molar refractivity (Wildman–Crippen MR) is 123 cm³/mol. The Bertz CT molecular complexity index is 1140. The van der Waals surface area contributed by atoms with Crippen molar-refractivity contribution in [2.24, 2.45) is 0 Å². The first-order valence-corrected chi connectivity index (χ1v) is 11.7. The molecule has 2 amide bonds. The van der Waals surface area contributed by atoms with E-state index in [1.54, 1.807) is 4.57 Å². The monoisotopic (exact) mass is 455 g/mol. The molecule has 31 heavy (non-hydrogen) atoms. The van der Waals surface area contributed by atoms with Gasteiger partial charge in [0.05, 0.1) is 4.88 Å². The lowest BCUT2D eigenvalue weighted by Crippen LogP contribution is -2.41. The molecule has 3 N–H and O–H groups in total. The van der Waals surface area contributed by atoms with Crippen LogP contribution in [0.2, 0.25) is 0 Å². The van der Waals surface area contributed by atoms with Gasteiger partial charge in [0.1, 0.15) is 0 Å². The van der Waals surface area contributed by atoms with Crippen molar-refractivity contribution in [3.63, 3.8) is 0 Å². The van der Waals surface area contributed by atoms with Crippen molar-refractivity contribution in [1.29, 1.82) is 0 Å². The standard InChI is InChI=1S/C22H25N5O2S2/c1-14-6-5-8-16(12-14)20-24-26-22(30)27(20)11-10-19(28)23-25-21(29)18-13-15-7-3-2-4-9-17(15)31-18/h5-6,8,12-13H,2-4,7,9-11H2,1H3,(H,23,28)(H,25,29)(H,26,30). The number of aromatic nitrogens is 3. The summed E-state index contributed by atoms with van der Waals surface area (Å²) in [7, 11) is 0. The molecule has 0 saturated heterocycles. The Hall–Kier alpha value is -2.78. The van der Waals surface area contributed by atoms with Crippen molar-refractivity contribution in [2.45, 2.75) is 52.0 Å². The Morgan fingerprint density at radius 2 is 2.03 bits per heavy atom. The summed E-state index contributed by atoms with van der Waals surface area (Å²) in [4.78, 5) is 26.7. The number of hydrogen-bond acceptors (Lipinski definition) is 5. The van der Waals surface area contributed by atoms with Gasteiger partial charge in [0.15, 0.2) is 10.6 Å². The zero-order valence-electron chi connectivity index (χ0n) is 17.4. The molecule has 4 rings (SSSR count). The van der Waals surface area contributed by atoms with Crippen LogP contribution in [-0.4, -0.2) is 26.6 Å². The summed E-state index contributed by atoms with van der Waals surface area (Å²) in [5.74, 6) is 0.127. The second kappa shape index (κ2) is 9.57. The maximum Gasteiger partial charge on any atom is 0.279 e. The van der Waals surface area contributed by atoms with Gasteiger partial charge in [-0.15, -0.1) is 11.3 Å². The third-order valence-electron chi connectivity index (χ3n) is 5.38. The zero-order valence-corrected chi connectivity index (χ0v) is 19.0. The van der Waals surface area contributed by atoms with Crippen molar-refractivity contribution < 1.29 is 9.59 Å². The fourth-order valence-corrected chi connectivity index (χ4v) is 5.15. The van der Waals surface area contributed by atoms with Gasteiger partial charge < -0.3 is 0 Å². The Kier molecular flexibility index (Phi) is 6.62. The second-order valence-electron chi connectivity index (χ2n) is 7.75. The number of thiophene rings is 1. The van der Waals surface area contributed by atoms with E-state index in [-0.39, 0.29) is 18.2 Å². The highest BCUT2D eigenvalue weighted by Crippen LogP contribution is 2.28. The normalized spacial score (nSPS) is 13.3. The summed E-state index contributed by atoms with van der Waals surface area (Å²) < 4.78 is 2.25. The molecular formula is C22H25N5O2S2. The number of H-pyrrole nitrogens is 1. The molecule has 0 aliphatic heterocycles. The molecule has 0 spiro atoms. The first-order chi connectivity index (χ1) is 15.0. The van der Waals surface area contributed by atoms with Crippen molar-refractivity contribution in [1.82, 2.24) is 25.6 Å². The smallest absolute Gasteiger partial charge is 0.279 e. The predicted octanol–water partition coefficient (Wildman–Crippen LogP) is 4.10. The largest absolute Gasteiger partial charge is 0.300 e. The van der Waals surface area contributed by atoms with Gasteiger partial charge in [0, 0.05) is 23.4 Å². The molecule has 0 radical (unpaired) electrons. The summed E-state index contributed by atoms with van der Waals surface area (Å²) in [5, 5.41) is 7.10. The van der Waals surface area contributed by atoms with E-state index in [1.807, 2.05) is 37.3 Å². The number of hydrogen-bond donors (Lipinski definition) is 3. The molecule has 1 aliphatic rings. The molecule has 9 heteroatoms. The Morgan fingerprint density at radius 3 is 2.87 bits per heavy atom. The van der Waals surface area contributed by atoms with Crippen LogP contribution in [0, 0.1) is 11.7 Å². The first kappa shape index (κ1) is 21.5. The molecule has 3 aromatic rings. The van der Waals surface area contributed by atoms with Gasteiger partial charge in [-0.25, -0.2) is 0 Å². The van der Waals surface area contributed by atoms with E-state index in [0.717, 1.165) is 24.0 Å². The van der Waals surface area contributed by atoms with Gasteiger partial charge in [0.25, 0.3) is 5.91 Å². The Morgan fingerprint density at radius 1 is 1.19 bits per heavy atom. The summed E-state index contributed by atoms with van der Waals surface area (Å²) in [6.07, 6.45) is 5.81. The van der Waals surface area contributed by atoms with Gasteiger partial charge >= 0.3 is 0 Å². The number of amides is 2. The number of fused-ring (bicyclic) bond motifs is 1. The lowest BCUT2D eigenvalue weighted by Gasteiger charge is -2.09. The van der Waals surface area contributed by atoms with Crippen molar-refractivity contribution in [2.75, 3.05) is 0 Å². The first-order valence-electron chi connectivity index (χ1n) is 10.4. The van der Waals surface area contributed by atoms with Crippen molar-refractivity contribution >= 4 is 35.4 Å². The van der Waals surface area contributed by atoms with Crippen LogP contribution in [0.4, 0.5) is 0 Å². The lowest BCUT2D eigenvalue weighted by atomic mass is 10.1. The van der Waals surface area contributed by atoms with Gasteiger partial charge in [0.2, 0.25) is 5.91 Å². The second-order valence-corrected chi connectivity index (χ2v) is 9.27. The average molecular weight is 456 g/mol. The van der Waals surface area contributed by atoms with Gasteiger partial charge in [-0.3, -0.25) is 30.1 Å². The summed E-state index contributed by atoms with van der Waals surface area (Å²) in [5.41, 5.74) is 8.37. The molecular weight excluding hydrogens is 430 g/mol. The minimum Gasteiger partial charge on any atom is -0.300 e. The number of benzene rings is 1. The molecule has 2 heterocycles. The topological polar surface area (TPSA) is 91.8 Å². The zero-order chi connectivity index (χ0) is 21.8. The number of hydrazine groups is 1. The van der Waals surface area contributed by atoms with E-state index < -0.39 is 0 Å². The molecule has 0 unspecified atom stereocenters. The molecule has 1 aliphatic carbocycles. The fraction of sp³-hybridized carbons (Fsp3) is 0.364. The molecule has 0 bridgehead atoms. The molecule has 0 atom stereocenters. The fourth-order valence-electron chi connectivity index (χ4n) is 3.77. The number of aryl methyl sites for hydroxylation is 3. The van der Waals surface area contributed by atoms with Crippen LogP contribution in [0.3, 0.4) is 0 Å². The third kappa shape index (κ3) is 5.11. The number of carbonyl (C=O) groups is 2.